The van der Waals surface area contributed by atoms with Crippen LogP contribution in [0.5, 0.6) is 5.75 Å². The maximum Gasteiger partial charge on any atom is 0.120 e. The molecule has 0 N–H and O–H groups in total. The molecule has 0 aliphatic carbocycles. The minimum atomic E-state index is 0.599. The van der Waals surface area contributed by atoms with Crippen molar-refractivity contribution in [1.29, 1.82) is 0 Å². The molecule has 2 rings (SSSR count). The molecule has 0 heterocycles. The monoisotopic (exact) mass is 266 g/mol. The maximum absolute atomic E-state index is 5.76. The van der Waals surface area contributed by atoms with Gasteiger partial charge in [-0.2, -0.15) is 0 Å². The highest BCUT2D eigenvalue weighted by molar-refractivity contribution is 5.65. The summed E-state index contributed by atoms with van der Waals surface area (Å²) in [5.41, 5.74) is 6.34. The van der Waals surface area contributed by atoms with E-state index in [0.29, 0.717) is 6.61 Å². The Hall–Kier alpha value is -2.02. The Balaban J connectivity index is 2.04. The van der Waals surface area contributed by atoms with E-state index in [0.717, 1.165) is 5.75 Å². The molecule has 0 unspecified atom stereocenters. The van der Waals surface area contributed by atoms with Gasteiger partial charge in [-0.25, -0.2) is 0 Å². The van der Waals surface area contributed by atoms with E-state index in [4.69, 9.17) is 4.74 Å². The molecule has 0 aliphatic heterocycles. The van der Waals surface area contributed by atoms with Gasteiger partial charge in [-0.1, -0.05) is 41.5 Å². The largest absolute Gasteiger partial charge is 0.490 e. The van der Waals surface area contributed by atoms with Crippen molar-refractivity contribution in [2.45, 2.75) is 27.7 Å². The first-order valence-electron chi connectivity index (χ1n) is 6.99. The van der Waals surface area contributed by atoms with Gasteiger partial charge < -0.3 is 4.74 Å². The van der Waals surface area contributed by atoms with Crippen molar-refractivity contribution >= 4 is 5.57 Å². The zero-order chi connectivity index (χ0) is 14.5. The lowest BCUT2D eigenvalue weighted by Crippen LogP contribution is -1.95. The summed E-state index contributed by atoms with van der Waals surface area (Å²) >= 11 is 0. The molecule has 20 heavy (non-hydrogen) atoms. The summed E-state index contributed by atoms with van der Waals surface area (Å²) < 4.78 is 5.76. The highest BCUT2D eigenvalue weighted by atomic mass is 16.5. The van der Waals surface area contributed by atoms with E-state index < -0.39 is 0 Å². The van der Waals surface area contributed by atoms with Crippen LogP contribution in [0.2, 0.25) is 0 Å². The number of hydrogen-bond acceptors (Lipinski definition) is 1. The maximum atomic E-state index is 5.76. The fourth-order valence-corrected chi connectivity index (χ4v) is 2.29. The summed E-state index contributed by atoms with van der Waals surface area (Å²) in [6, 6.07) is 14.8. The molecule has 0 bridgehead atoms. The molecular weight excluding hydrogens is 244 g/mol. The van der Waals surface area contributed by atoms with E-state index in [1.807, 2.05) is 12.1 Å². The Morgan fingerprint density at radius 3 is 2.30 bits per heavy atom. The van der Waals surface area contributed by atoms with E-state index in [1.165, 1.54) is 27.8 Å². The van der Waals surface area contributed by atoms with E-state index in [1.54, 1.807) is 0 Å². The molecule has 0 radical (unpaired) electrons. The van der Waals surface area contributed by atoms with Gasteiger partial charge in [0, 0.05) is 0 Å². The Labute approximate surface area is 121 Å². The van der Waals surface area contributed by atoms with Crippen LogP contribution < -0.4 is 4.74 Å². The van der Waals surface area contributed by atoms with Crippen molar-refractivity contribution in [3.63, 3.8) is 0 Å². The molecule has 0 spiro atoms. The SMILES string of the molecule is CC(=CCOc1cccc(C)c1)c1cc(C)cc(C)c1. The van der Waals surface area contributed by atoms with E-state index in [-0.39, 0.29) is 0 Å². The summed E-state index contributed by atoms with van der Waals surface area (Å²) in [6.45, 7) is 9.07. The van der Waals surface area contributed by atoms with Gasteiger partial charge in [-0.15, -0.1) is 0 Å². The van der Waals surface area contributed by atoms with Gasteiger partial charge in [0.25, 0.3) is 0 Å². The second kappa shape index (κ2) is 6.42. The van der Waals surface area contributed by atoms with Crippen LogP contribution >= 0.6 is 0 Å². The first kappa shape index (κ1) is 14.4. The summed E-state index contributed by atoms with van der Waals surface area (Å²) in [7, 11) is 0. The summed E-state index contributed by atoms with van der Waals surface area (Å²) in [6.07, 6.45) is 2.14. The van der Waals surface area contributed by atoms with Crippen LogP contribution in [0.1, 0.15) is 29.2 Å². The molecule has 0 aliphatic rings. The molecule has 0 amide bonds. The molecule has 0 fully saturated rings. The van der Waals surface area contributed by atoms with Gasteiger partial charge in [0.15, 0.2) is 0 Å². The number of ether oxygens (including phenoxy) is 1. The van der Waals surface area contributed by atoms with Crippen LogP contribution in [0.15, 0.2) is 48.5 Å². The minimum absolute atomic E-state index is 0.599. The third kappa shape index (κ3) is 3.99. The van der Waals surface area contributed by atoms with Crippen molar-refractivity contribution in [2.75, 3.05) is 6.61 Å². The van der Waals surface area contributed by atoms with Gasteiger partial charge in [0.2, 0.25) is 0 Å². The fraction of sp³-hybridized carbons (Fsp3) is 0.263. The van der Waals surface area contributed by atoms with E-state index in [9.17, 15) is 0 Å². The zero-order valence-corrected chi connectivity index (χ0v) is 12.7. The first-order valence-corrected chi connectivity index (χ1v) is 6.99. The van der Waals surface area contributed by atoms with Crippen molar-refractivity contribution < 1.29 is 4.74 Å². The van der Waals surface area contributed by atoms with Crippen LogP contribution in [0.3, 0.4) is 0 Å². The lowest BCUT2D eigenvalue weighted by atomic mass is 10.0. The van der Waals surface area contributed by atoms with E-state index >= 15 is 0 Å². The van der Waals surface area contributed by atoms with Crippen molar-refractivity contribution in [3.05, 3.63) is 70.8 Å². The van der Waals surface area contributed by atoms with Crippen LogP contribution in [0.4, 0.5) is 0 Å². The first-order chi connectivity index (χ1) is 9.54. The van der Waals surface area contributed by atoms with Crippen molar-refractivity contribution in [2.24, 2.45) is 0 Å². The van der Waals surface area contributed by atoms with Crippen molar-refractivity contribution in [3.8, 4) is 5.75 Å². The van der Waals surface area contributed by atoms with Gasteiger partial charge in [-0.05, 0) is 62.6 Å². The van der Waals surface area contributed by atoms with E-state index in [2.05, 4.69) is 64.1 Å². The van der Waals surface area contributed by atoms with Gasteiger partial charge in [0.05, 0.1) is 0 Å². The molecule has 0 saturated carbocycles. The second-order valence-corrected chi connectivity index (χ2v) is 5.39. The average Bonchev–Trinajstić information content (AvgIpc) is 2.37. The lowest BCUT2D eigenvalue weighted by Gasteiger charge is -2.07. The van der Waals surface area contributed by atoms with Crippen LogP contribution in [0.25, 0.3) is 5.57 Å². The average molecular weight is 266 g/mol. The molecule has 1 nitrogen and oxygen atoms in total. The molecule has 0 aromatic heterocycles. The smallest absolute Gasteiger partial charge is 0.120 e. The highest BCUT2D eigenvalue weighted by Gasteiger charge is 1.99. The molecule has 104 valence electrons. The Morgan fingerprint density at radius 1 is 0.950 bits per heavy atom. The number of benzene rings is 2. The molecule has 2 aromatic rings. The molecule has 0 atom stereocenters. The van der Waals surface area contributed by atoms with Crippen molar-refractivity contribution in [1.82, 2.24) is 0 Å². The topological polar surface area (TPSA) is 9.23 Å². The predicted octanol–water partition coefficient (Wildman–Crippen LogP) is 5.09. The molecule has 2 aromatic carbocycles. The van der Waals surface area contributed by atoms with Crippen LogP contribution in [0, 0.1) is 20.8 Å². The standard InChI is InChI=1S/C19H22O/c1-14-6-5-7-19(13-14)20-9-8-17(4)18-11-15(2)10-16(3)12-18/h5-8,10-13H,9H2,1-4H3. The highest BCUT2D eigenvalue weighted by Crippen LogP contribution is 2.18. The summed E-state index contributed by atoms with van der Waals surface area (Å²) in [5.74, 6) is 0.925. The normalized spacial score (nSPS) is 11.5. The van der Waals surface area contributed by atoms with Crippen LogP contribution in [-0.2, 0) is 0 Å². The molecule has 0 saturated heterocycles. The quantitative estimate of drug-likeness (QED) is 0.748. The molecule has 1 heteroatoms. The minimum Gasteiger partial charge on any atom is -0.490 e. The Morgan fingerprint density at radius 2 is 1.65 bits per heavy atom. The van der Waals surface area contributed by atoms with Gasteiger partial charge >= 0.3 is 0 Å². The lowest BCUT2D eigenvalue weighted by molar-refractivity contribution is 0.363. The molecular formula is C19H22O. The summed E-state index contributed by atoms with van der Waals surface area (Å²) in [4.78, 5) is 0. The number of hydrogen-bond donors (Lipinski definition) is 0. The Bertz CT molecular complexity index is 603. The number of allylic oxidation sites excluding steroid dienone is 1. The number of aryl methyl sites for hydroxylation is 3. The second-order valence-electron chi connectivity index (χ2n) is 5.39. The zero-order valence-electron chi connectivity index (χ0n) is 12.7. The Kier molecular flexibility index (Phi) is 4.62. The fourth-order valence-electron chi connectivity index (χ4n) is 2.29. The number of rotatable bonds is 4. The summed E-state index contributed by atoms with van der Waals surface area (Å²) in [5, 5.41) is 0. The third-order valence-electron chi connectivity index (χ3n) is 3.31. The van der Waals surface area contributed by atoms with Crippen LogP contribution in [-0.4, -0.2) is 6.61 Å². The van der Waals surface area contributed by atoms with Gasteiger partial charge in [-0.3, -0.25) is 0 Å². The third-order valence-corrected chi connectivity index (χ3v) is 3.31. The van der Waals surface area contributed by atoms with Gasteiger partial charge in [0.1, 0.15) is 12.4 Å². The predicted molar refractivity (Wildman–Crippen MR) is 86.2 cm³/mol.